The molecule has 0 N–H and O–H groups in total. The minimum atomic E-state index is -0.0186. The largest absolute Gasteiger partial charge is 0.303 e. The predicted molar refractivity (Wildman–Crippen MR) is 80.2 cm³/mol. The van der Waals surface area contributed by atoms with Crippen LogP contribution < -0.4 is 0 Å². The fraction of sp³-hybridized carbons (Fsp3) is 0.941. The SMILES string of the molecule is CCCC1CCN(CC2(C=O)CCCC(C)C2)CC1. The van der Waals surface area contributed by atoms with Crippen molar-refractivity contribution in [3.05, 3.63) is 0 Å². The van der Waals surface area contributed by atoms with Crippen LogP contribution in [0.5, 0.6) is 0 Å². The van der Waals surface area contributed by atoms with Crippen molar-refractivity contribution >= 4 is 6.29 Å². The molecule has 1 aliphatic carbocycles. The van der Waals surface area contributed by atoms with Crippen LogP contribution in [0.1, 0.15) is 65.2 Å². The molecule has 1 saturated carbocycles. The van der Waals surface area contributed by atoms with E-state index in [1.165, 1.54) is 57.9 Å². The summed E-state index contributed by atoms with van der Waals surface area (Å²) in [5.74, 6) is 1.68. The molecule has 1 saturated heterocycles. The summed E-state index contributed by atoms with van der Waals surface area (Å²) < 4.78 is 0. The van der Waals surface area contributed by atoms with E-state index in [2.05, 4.69) is 18.7 Å². The summed E-state index contributed by atoms with van der Waals surface area (Å²) >= 11 is 0. The molecule has 19 heavy (non-hydrogen) atoms. The topological polar surface area (TPSA) is 20.3 Å². The monoisotopic (exact) mass is 265 g/mol. The number of rotatable bonds is 5. The molecule has 0 bridgehead atoms. The van der Waals surface area contributed by atoms with Crippen LogP contribution in [-0.2, 0) is 4.79 Å². The fourth-order valence-corrected chi connectivity index (χ4v) is 4.28. The van der Waals surface area contributed by atoms with E-state index in [0.29, 0.717) is 0 Å². The van der Waals surface area contributed by atoms with Gasteiger partial charge in [0.1, 0.15) is 6.29 Å². The van der Waals surface area contributed by atoms with Gasteiger partial charge in [0.25, 0.3) is 0 Å². The molecule has 0 spiro atoms. The molecule has 0 aromatic rings. The first-order chi connectivity index (χ1) is 9.17. The zero-order chi connectivity index (χ0) is 13.7. The van der Waals surface area contributed by atoms with E-state index in [-0.39, 0.29) is 5.41 Å². The van der Waals surface area contributed by atoms with Gasteiger partial charge >= 0.3 is 0 Å². The van der Waals surface area contributed by atoms with Crippen LogP contribution in [0, 0.1) is 17.3 Å². The molecule has 0 radical (unpaired) electrons. The Morgan fingerprint density at radius 1 is 1.26 bits per heavy atom. The normalized spacial score (nSPS) is 34.3. The third-order valence-corrected chi connectivity index (χ3v) is 5.32. The van der Waals surface area contributed by atoms with E-state index >= 15 is 0 Å². The highest BCUT2D eigenvalue weighted by Gasteiger charge is 2.37. The molecular weight excluding hydrogens is 234 g/mol. The highest BCUT2D eigenvalue weighted by molar-refractivity contribution is 5.60. The first-order valence-corrected chi connectivity index (χ1v) is 8.36. The van der Waals surface area contributed by atoms with Crippen LogP contribution in [0.2, 0.25) is 0 Å². The van der Waals surface area contributed by atoms with Crippen LogP contribution in [0.25, 0.3) is 0 Å². The number of hydrogen-bond donors (Lipinski definition) is 0. The van der Waals surface area contributed by atoms with Gasteiger partial charge in [-0.2, -0.15) is 0 Å². The van der Waals surface area contributed by atoms with Crippen molar-refractivity contribution in [2.45, 2.75) is 65.2 Å². The third kappa shape index (κ3) is 4.05. The summed E-state index contributed by atoms with van der Waals surface area (Å²) in [5.41, 5.74) is -0.0186. The standard InChI is InChI=1S/C17H31NO/c1-3-5-16-7-10-18(11-8-16)13-17(14-19)9-4-6-15(2)12-17/h14-16H,3-13H2,1-2H3. The first kappa shape index (κ1) is 15.0. The Morgan fingerprint density at radius 2 is 2.00 bits per heavy atom. The van der Waals surface area contributed by atoms with Crippen molar-refractivity contribution in [3.8, 4) is 0 Å². The molecule has 1 aliphatic heterocycles. The Bertz CT molecular complexity index is 283. The fourth-order valence-electron chi connectivity index (χ4n) is 4.28. The Labute approximate surface area is 118 Å². The van der Waals surface area contributed by atoms with Gasteiger partial charge in [0, 0.05) is 12.0 Å². The van der Waals surface area contributed by atoms with Crippen molar-refractivity contribution in [1.29, 1.82) is 0 Å². The van der Waals surface area contributed by atoms with Crippen molar-refractivity contribution in [2.24, 2.45) is 17.3 Å². The molecule has 2 atom stereocenters. The molecule has 110 valence electrons. The summed E-state index contributed by atoms with van der Waals surface area (Å²) in [7, 11) is 0. The van der Waals surface area contributed by atoms with E-state index in [1.54, 1.807) is 0 Å². The minimum Gasteiger partial charge on any atom is -0.303 e. The predicted octanol–water partition coefficient (Wildman–Crippen LogP) is 3.89. The lowest BCUT2D eigenvalue weighted by molar-refractivity contribution is -0.120. The van der Waals surface area contributed by atoms with Crippen LogP contribution >= 0.6 is 0 Å². The van der Waals surface area contributed by atoms with Crippen molar-refractivity contribution in [2.75, 3.05) is 19.6 Å². The van der Waals surface area contributed by atoms with E-state index in [4.69, 9.17) is 0 Å². The molecular formula is C17H31NO. The van der Waals surface area contributed by atoms with E-state index < -0.39 is 0 Å². The third-order valence-electron chi connectivity index (χ3n) is 5.32. The number of piperidine rings is 1. The number of nitrogens with zero attached hydrogens (tertiary/aromatic N) is 1. The summed E-state index contributed by atoms with van der Waals surface area (Å²) in [6.07, 6.45) is 11.5. The minimum absolute atomic E-state index is 0.0186. The van der Waals surface area contributed by atoms with Gasteiger partial charge in [0.05, 0.1) is 0 Å². The smallest absolute Gasteiger partial charge is 0.127 e. The summed E-state index contributed by atoms with van der Waals surface area (Å²) in [4.78, 5) is 14.2. The molecule has 2 unspecified atom stereocenters. The van der Waals surface area contributed by atoms with Gasteiger partial charge in [0.2, 0.25) is 0 Å². The number of likely N-dealkylation sites (tertiary alicyclic amines) is 1. The summed E-state index contributed by atoms with van der Waals surface area (Å²) in [6, 6.07) is 0. The zero-order valence-electron chi connectivity index (χ0n) is 12.9. The van der Waals surface area contributed by atoms with Gasteiger partial charge in [-0.25, -0.2) is 0 Å². The number of hydrogen-bond acceptors (Lipinski definition) is 2. The first-order valence-electron chi connectivity index (χ1n) is 8.36. The molecule has 0 aromatic carbocycles. The van der Waals surface area contributed by atoms with Crippen LogP contribution in [0.15, 0.2) is 0 Å². The van der Waals surface area contributed by atoms with E-state index in [9.17, 15) is 4.79 Å². The average Bonchev–Trinajstić information content (AvgIpc) is 2.41. The molecule has 1 heterocycles. The summed E-state index contributed by atoms with van der Waals surface area (Å²) in [6.45, 7) is 8.06. The van der Waals surface area contributed by atoms with Crippen molar-refractivity contribution in [3.63, 3.8) is 0 Å². The average molecular weight is 265 g/mol. The molecule has 2 fully saturated rings. The Morgan fingerprint density at radius 3 is 2.58 bits per heavy atom. The Kier molecular flexibility index (Phi) is 5.44. The lowest BCUT2D eigenvalue weighted by Gasteiger charge is -2.41. The number of carbonyl (C=O) groups is 1. The number of carbonyl (C=O) groups excluding carboxylic acids is 1. The summed E-state index contributed by atoms with van der Waals surface area (Å²) in [5, 5.41) is 0. The molecule has 2 nitrogen and oxygen atoms in total. The maximum atomic E-state index is 11.6. The van der Waals surface area contributed by atoms with Gasteiger partial charge in [-0.1, -0.05) is 39.5 Å². The maximum absolute atomic E-state index is 11.6. The van der Waals surface area contributed by atoms with Crippen LogP contribution in [0.3, 0.4) is 0 Å². The second kappa shape index (κ2) is 6.88. The lowest BCUT2D eigenvalue weighted by atomic mass is 9.70. The molecule has 2 aliphatic rings. The molecule has 0 aromatic heterocycles. The van der Waals surface area contributed by atoms with Crippen LogP contribution in [0.4, 0.5) is 0 Å². The Hall–Kier alpha value is -0.370. The van der Waals surface area contributed by atoms with Gasteiger partial charge in [-0.05, 0) is 50.6 Å². The highest BCUT2D eigenvalue weighted by atomic mass is 16.1. The lowest BCUT2D eigenvalue weighted by Crippen LogP contribution is -2.44. The molecule has 2 rings (SSSR count). The molecule has 2 heteroatoms. The Balaban J connectivity index is 1.84. The van der Waals surface area contributed by atoms with Gasteiger partial charge in [-0.15, -0.1) is 0 Å². The number of aldehydes is 1. The van der Waals surface area contributed by atoms with E-state index in [1.807, 2.05) is 0 Å². The second-order valence-electron chi connectivity index (χ2n) is 7.19. The highest BCUT2D eigenvalue weighted by Crippen LogP contribution is 2.39. The second-order valence-corrected chi connectivity index (χ2v) is 7.19. The van der Waals surface area contributed by atoms with E-state index in [0.717, 1.165) is 31.2 Å². The van der Waals surface area contributed by atoms with Crippen molar-refractivity contribution in [1.82, 2.24) is 4.90 Å². The van der Waals surface area contributed by atoms with Crippen molar-refractivity contribution < 1.29 is 4.79 Å². The van der Waals surface area contributed by atoms with Gasteiger partial charge in [-0.3, -0.25) is 0 Å². The van der Waals surface area contributed by atoms with Crippen LogP contribution in [-0.4, -0.2) is 30.8 Å². The maximum Gasteiger partial charge on any atom is 0.127 e. The van der Waals surface area contributed by atoms with Gasteiger partial charge < -0.3 is 9.69 Å². The zero-order valence-corrected chi connectivity index (χ0v) is 12.9. The molecule has 0 amide bonds. The quantitative estimate of drug-likeness (QED) is 0.703. The van der Waals surface area contributed by atoms with Gasteiger partial charge in [0.15, 0.2) is 0 Å².